The van der Waals surface area contributed by atoms with Crippen LogP contribution in [0.5, 0.6) is 0 Å². The van der Waals surface area contributed by atoms with Gasteiger partial charge in [0.15, 0.2) is 17.4 Å². The highest BCUT2D eigenvalue weighted by Gasteiger charge is 2.41. The number of hydrogen-bond donors (Lipinski definition) is 0. The topological polar surface area (TPSA) is 80.3 Å². The first-order valence-electron chi connectivity index (χ1n) is 17.6. The average molecular weight is 622 g/mol. The fourth-order valence-electron chi connectivity index (χ4n) is 6.70. The van der Waals surface area contributed by atoms with E-state index in [9.17, 15) is 0 Å². The second-order valence-electron chi connectivity index (χ2n) is 13.6. The van der Waals surface area contributed by atoms with Gasteiger partial charge in [-0.25, -0.2) is 0 Å². The summed E-state index contributed by atoms with van der Waals surface area (Å²) in [5.41, 5.74) is 0. The normalized spacial score (nSPS) is 33.2. The van der Waals surface area contributed by atoms with Crippen LogP contribution in [0.1, 0.15) is 46.5 Å². The lowest BCUT2D eigenvalue weighted by Gasteiger charge is -2.33. The summed E-state index contributed by atoms with van der Waals surface area (Å²) in [5, 5.41) is 0. The van der Waals surface area contributed by atoms with Gasteiger partial charge in [0.1, 0.15) is 31.4 Å². The molecule has 3 saturated heterocycles. The maximum atomic E-state index is 6.45. The minimum absolute atomic E-state index is 0.0150. The van der Waals surface area contributed by atoms with Crippen LogP contribution in [0.3, 0.4) is 0 Å². The highest BCUT2D eigenvalue weighted by atomic mass is 16.8. The minimum Gasteiger partial charge on any atom is -0.379 e. The van der Waals surface area contributed by atoms with Crippen molar-refractivity contribution in [1.82, 2.24) is 9.80 Å². The van der Waals surface area contributed by atoms with E-state index in [0.29, 0.717) is 26.4 Å². The number of ether oxygens (including phenoxy) is 8. The third-order valence-corrected chi connectivity index (χ3v) is 8.94. The average Bonchev–Trinajstić information content (AvgIpc) is 3.65. The van der Waals surface area contributed by atoms with Gasteiger partial charge in [-0.2, -0.15) is 0 Å². The molecule has 0 N–H and O–H groups in total. The van der Waals surface area contributed by atoms with Gasteiger partial charge >= 0.3 is 0 Å². The number of hydrogen-bond acceptors (Lipinski definition) is 10. The molecular weight excluding hydrogens is 560 g/mol. The lowest BCUT2D eigenvalue weighted by Crippen LogP contribution is -2.47. The van der Waals surface area contributed by atoms with Crippen LogP contribution in [-0.2, 0) is 37.9 Å². The van der Waals surface area contributed by atoms with E-state index < -0.39 is 17.4 Å². The molecule has 0 bridgehead atoms. The Morgan fingerprint density at radius 3 is 1.52 bits per heavy atom. The summed E-state index contributed by atoms with van der Waals surface area (Å²) in [6.07, 6.45) is 7.97. The highest BCUT2D eigenvalue weighted by molar-refractivity contribution is 6.09. The molecule has 3 heterocycles. The summed E-state index contributed by atoms with van der Waals surface area (Å²) in [4.78, 5) is 4.92. The zero-order chi connectivity index (χ0) is 32.1. The molecule has 0 aliphatic carbocycles. The van der Waals surface area contributed by atoms with E-state index >= 15 is 0 Å². The molecule has 0 spiro atoms. The molecule has 0 saturated carbocycles. The molecule has 7 atom stereocenters. The lowest BCUT2D eigenvalue weighted by molar-refractivity contribution is -0.162. The van der Waals surface area contributed by atoms with Gasteiger partial charge < -0.3 is 37.9 Å². The van der Waals surface area contributed by atoms with Crippen LogP contribution in [0.15, 0.2) is 0 Å². The van der Waals surface area contributed by atoms with Crippen LogP contribution in [0.25, 0.3) is 0 Å². The fourth-order valence-corrected chi connectivity index (χ4v) is 6.70. The van der Waals surface area contributed by atoms with Crippen molar-refractivity contribution in [3.05, 3.63) is 0 Å². The number of methoxy groups -OCH3 is 1. The molecule has 44 heavy (non-hydrogen) atoms. The van der Waals surface area contributed by atoms with E-state index in [1.54, 1.807) is 7.11 Å². The van der Waals surface area contributed by atoms with Crippen LogP contribution in [0.2, 0.25) is 25.3 Å². The van der Waals surface area contributed by atoms with Crippen molar-refractivity contribution in [1.29, 1.82) is 0 Å². The fraction of sp³-hybridized carbons (Fsp3) is 1.00. The summed E-state index contributed by atoms with van der Waals surface area (Å²) in [6, 6.07) is 0. The van der Waals surface area contributed by atoms with Gasteiger partial charge in [0, 0.05) is 53.0 Å². The van der Waals surface area contributed by atoms with Gasteiger partial charge in [-0.1, -0.05) is 25.3 Å². The van der Waals surface area contributed by atoms with E-state index in [2.05, 4.69) is 62.0 Å². The first-order valence-corrected chi connectivity index (χ1v) is 17.6. The Kier molecular flexibility index (Phi) is 16.5. The van der Waals surface area contributed by atoms with Crippen molar-refractivity contribution in [3.8, 4) is 0 Å². The third-order valence-electron chi connectivity index (χ3n) is 8.94. The van der Waals surface area contributed by atoms with E-state index in [1.807, 2.05) is 0 Å². The Hall–Kier alpha value is -0.140. The molecule has 0 radical (unpaired) electrons. The predicted molar refractivity (Wildman–Crippen MR) is 184 cm³/mol. The minimum atomic E-state index is -0.503. The molecule has 7 unspecified atom stereocenters. The summed E-state index contributed by atoms with van der Waals surface area (Å²) in [7, 11) is 10.5. The first-order chi connectivity index (χ1) is 21.1. The summed E-state index contributed by atoms with van der Waals surface area (Å²) in [5.74, 6) is -1.51. The quantitative estimate of drug-likeness (QED) is 0.113. The van der Waals surface area contributed by atoms with E-state index in [4.69, 9.17) is 37.9 Å². The second kappa shape index (κ2) is 19.0. The molecule has 10 nitrogen and oxygen atoms in total. The van der Waals surface area contributed by atoms with Gasteiger partial charge in [-0.15, -0.1) is 0 Å². The largest absolute Gasteiger partial charge is 0.379 e. The van der Waals surface area contributed by atoms with E-state index in [1.165, 1.54) is 0 Å². The van der Waals surface area contributed by atoms with Crippen molar-refractivity contribution in [2.75, 3.05) is 79.4 Å². The lowest BCUT2D eigenvalue weighted by atomic mass is 9.98. The molecular formula is C30H62B4N2O8. The Morgan fingerprint density at radius 2 is 1.11 bits per heavy atom. The van der Waals surface area contributed by atoms with Crippen molar-refractivity contribution in [3.63, 3.8) is 0 Å². The van der Waals surface area contributed by atoms with Crippen molar-refractivity contribution < 1.29 is 37.9 Å². The van der Waals surface area contributed by atoms with Gasteiger partial charge in [0.2, 0.25) is 0 Å². The first kappa shape index (κ1) is 38.3. The van der Waals surface area contributed by atoms with Crippen LogP contribution in [0.4, 0.5) is 0 Å². The smallest absolute Gasteiger partial charge is 0.165 e. The molecule has 14 heteroatoms. The van der Waals surface area contributed by atoms with Crippen molar-refractivity contribution in [2.24, 2.45) is 0 Å². The van der Waals surface area contributed by atoms with Crippen molar-refractivity contribution >= 4 is 31.4 Å². The molecule has 252 valence electrons. The van der Waals surface area contributed by atoms with E-state index in [0.717, 1.165) is 96.8 Å². The Balaban J connectivity index is 1.67. The standard InChI is InChI=1S/C30H62B4N2O8/c1-28(6-10-32)39-21-25(42-28)17-35(16-24(37-4)20-38-15-5-9-31)13-14-36(18-26-22-40-29(2,43-26)7-11-33)19-27-23-41-30(3,44-27)8-12-34/h24-27H,5-23,31-34H2,1-4H3. The number of nitrogens with zero attached hydrogens (tertiary/aromatic N) is 2. The maximum absolute atomic E-state index is 6.45. The van der Waals surface area contributed by atoms with Crippen LogP contribution < -0.4 is 0 Å². The molecule has 0 aromatic carbocycles. The van der Waals surface area contributed by atoms with Gasteiger partial charge in [0.25, 0.3) is 0 Å². The zero-order valence-electron chi connectivity index (χ0n) is 29.4. The molecule has 0 aromatic heterocycles. The molecule has 0 amide bonds. The van der Waals surface area contributed by atoms with E-state index in [-0.39, 0.29) is 24.4 Å². The van der Waals surface area contributed by atoms with Crippen LogP contribution in [0, 0.1) is 0 Å². The predicted octanol–water partition coefficient (Wildman–Crippen LogP) is -0.217. The molecule has 0 aromatic rings. The SMILES string of the molecule is BCCCOCC(CN(CCN(CC1COC(C)(CCB)O1)CC1COC(C)(CCB)O1)CC1COC(C)(CCB)O1)OC. The van der Waals surface area contributed by atoms with Gasteiger partial charge in [-0.05, 0) is 46.5 Å². The third kappa shape index (κ3) is 12.8. The summed E-state index contributed by atoms with van der Waals surface area (Å²) < 4.78 is 49.6. The van der Waals surface area contributed by atoms with Gasteiger partial charge in [-0.3, -0.25) is 9.80 Å². The van der Waals surface area contributed by atoms with Crippen LogP contribution in [-0.4, -0.2) is 162 Å². The Bertz CT molecular complexity index is 780. The maximum Gasteiger partial charge on any atom is 0.165 e. The molecule has 3 aliphatic heterocycles. The molecule has 3 rings (SSSR count). The molecule has 3 aliphatic rings. The summed E-state index contributed by atoms with van der Waals surface area (Å²) in [6.45, 7) is 14.2. The molecule has 3 fully saturated rings. The van der Waals surface area contributed by atoms with Crippen LogP contribution >= 0.6 is 0 Å². The second-order valence-corrected chi connectivity index (χ2v) is 13.6. The van der Waals surface area contributed by atoms with Gasteiger partial charge in [0.05, 0.1) is 50.8 Å². The Morgan fingerprint density at radius 1 is 0.682 bits per heavy atom. The highest BCUT2D eigenvalue weighted by Crippen LogP contribution is 2.31. The Labute approximate surface area is 271 Å². The monoisotopic (exact) mass is 622 g/mol. The van der Waals surface area contributed by atoms with Crippen molar-refractivity contribution in [2.45, 2.75) is 114 Å². The zero-order valence-corrected chi connectivity index (χ0v) is 29.4. The number of rotatable bonds is 23. The summed E-state index contributed by atoms with van der Waals surface area (Å²) >= 11 is 0.